The second kappa shape index (κ2) is 7.64. The Hall–Kier alpha value is -2.11. The maximum absolute atomic E-state index is 12.4. The van der Waals surface area contributed by atoms with Crippen molar-refractivity contribution < 1.29 is 14.3 Å². The Balaban J connectivity index is 1.62. The lowest BCUT2D eigenvalue weighted by Crippen LogP contribution is -2.44. The van der Waals surface area contributed by atoms with Gasteiger partial charge in [-0.1, -0.05) is 0 Å². The summed E-state index contributed by atoms with van der Waals surface area (Å²) in [6, 6.07) is 3.67. The zero-order chi connectivity index (χ0) is 16.9. The molecule has 1 aromatic heterocycles. The molecule has 1 atom stereocenters. The van der Waals surface area contributed by atoms with Gasteiger partial charge in [-0.05, 0) is 51.2 Å². The predicted molar refractivity (Wildman–Crippen MR) is 91.0 cm³/mol. The molecule has 24 heavy (non-hydrogen) atoms. The number of ether oxygens (including phenoxy) is 1. The molecule has 6 nitrogen and oxygen atoms in total. The van der Waals surface area contributed by atoms with Gasteiger partial charge in [0, 0.05) is 31.9 Å². The van der Waals surface area contributed by atoms with E-state index in [4.69, 9.17) is 4.74 Å². The summed E-state index contributed by atoms with van der Waals surface area (Å²) in [5, 5.41) is 0. The summed E-state index contributed by atoms with van der Waals surface area (Å²) in [4.78, 5) is 33.0. The molecule has 1 aromatic rings. The fourth-order valence-corrected chi connectivity index (χ4v) is 3.49. The lowest BCUT2D eigenvalue weighted by atomic mass is 10.0. The average Bonchev–Trinajstić information content (AvgIpc) is 3.14. The Morgan fingerprint density at radius 2 is 1.96 bits per heavy atom. The van der Waals surface area contributed by atoms with Crippen molar-refractivity contribution in [2.45, 2.75) is 45.1 Å². The number of amides is 1. The minimum atomic E-state index is -0.469. The first-order valence-corrected chi connectivity index (χ1v) is 8.83. The first kappa shape index (κ1) is 16.7. The molecular weight excluding hydrogens is 306 g/mol. The van der Waals surface area contributed by atoms with Gasteiger partial charge in [0.15, 0.2) is 6.61 Å². The summed E-state index contributed by atoms with van der Waals surface area (Å²) in [7, 11) is 0. The molecule has 6 heteroatoms. The number of hydrogen-bond donors (Lipinski definition) is 0. The second-order valence-corrected chi connectivity index (χ2v) is 6.58. The summed E-state index contributed by atoms with van der Waals surface area (Å²) in [5.74, 6) is 0.0870. The minimum Gasteiger partial charge on any atom is -0.452 e. The molecule has 0 saturated carbocycles. The predicted octanol–water partition coefficient (Wildman–Crippen LogP) is 2.24. The molecule has 0 aromatic carbocycles. The topological polar surface area (TPSA) is 62.7 Å². The number of nitrogens with zero attached hydrogens (tertiary/aromatic N) is 3. The van der Waals surface area contributed by atoms with Crippen LogP contribution in [0.15, 0.2) is 18.3 Å². The lowest BCUT2D eigenvalue weighted by Gasteiger charge is -2.33. The SMILES string of the molecule is CC1CCCCN1C(=O)COC(=O)c1cccnc1N1CCCC1. The maximum atomic E-state index is 12.4. The summed E-state index contributed by atoms with van der Waals surface area (Å²) in [6.07, 6.45) is 7.09. The van der Waals surface area contributed by atoms with Crippen molar-refractivity contribution in [3.05, 3.63) is 23.9 Å². The van der Waals surface area contributed by atoms with Crippen LogP contribution in [-0.2, 0) is 9.53 Å². The smallest absolute Gasteiger partial charge is 0.342 e. The molecule has 0 spiro atoms. The molecule has 2 aliphatic rings. The number of carbonyl (C=O) groups is 2. The fraction of sp³-hybridized carbons (Fsp3) is 0.611. The van der Waals surface area contributed by atoms with Gasteiger partial charge in [-0.2, -0.15) is 0 Å². The van der Waals surface area contributed by atoms with Crippen molar-refractivity contribution >= 4 is 17.7 Å². The van der Waals surface area contributed by atoms with Crippen LogP contribution in [0.2, 0.25) is 0 Å². The van der Waals surface area contributed by atoms with Crippen LogP contribution in [0, 0.1) is 0 Å². The molecule has 1 unspecified atom stereocenters. The zero-order valence-corrected chi connectivity index (χ0v) is 14.2. The van der Waals surface area contributed by atoms with E-state index in [1.807, 2.05) is 11.8 Å². The zero-order valence-electron chi connectivity index (χ0n) is 14.2. The van der Waals surface area contributed by atoms with Crippen molar-refractivity contribution in [1.29, 1.82) is 0 Å². The van der Waals surface area contributed by atoms with E-state index in [1.54, 1.807) is 18.3 Å². The quantitative estimate of drug-likeness (QED) is 0.792. The van der Waals surface area contributed by atoms with Crippen molar-refractivity contribution in [3.8, 4) is 0 Å². The molecule has 0 aliphatic carbocycles. The van der Waals surface area contributed by atoms with Gasteiger partial charge in [-0.25, -0.2) is 9.78 Å². The summed E-state index contributed by atoms with van der Waals surface area (Å²) < 4.78 is 5.29. The van der Waals surface area contributed by atoms with Gasteiger partial charge in [0.2, 0.25) is 0 Å². The number of pyridine rings is 1. The van der Waals surface area contributed by atoms with Crippen molar-refractivity contribution in [2.75, 3.05) is 31.1 Å². The Bertz CT molecular complexity index is 599. The van der Waals surface area contributed by atoms with Crippen molar-refractivity contribution in [1.82, 2.24) is 9.88 Å². The molecule has 130 valence electrons. The van der Waals surface area contributed by atoms with Crippen LogP contribution in [-0.4, -0.2) is 54.0 Å². The number of hydrogen-bond acceptors (Lipinski definition) is 5. The minimum absolute atomic E-state index is 0.109. The summed E-state index contributed by atoms with van der Waals surface area (Å²) >= 11 is 0. The van der Waals surface area contributed by atoms with E-state index in [9.17, 15) is 9.59 Å². The Labute approximate surface area is 142 Å². The number of rotatable bonds is 4. The van der Waals surface area contributed by atoms with E-state index in [1.165, 1.54) is 0 Å². The highest BCUT2D eigenvalue weighted by molar-refractivity contribution is 5.96. The van der Waals surface area contributed by atoms with Crippen LogP contribution in [0.3, 0.4) is 0 Å². The number of likely N-dealkylation sites (tertiary alicyclic amines) is 1. The van der Waals surface area contributed by atoms with E-state index >= 15 is 0 Å². The number of anilines is 1. The van der Waals surface area contributed by atoms with E-state index in [0.29, 0.717) is 11.4 Å². The van der Waals surface area contributed by atoms with Gasteiger partial charge in [-0.15, -0.1) is 0 Å². The summed E-state index contributed by atoms with van der Waals surface area (Å²) in [5.41, 5.74) is 0.443. The van der Waals surface area contributed by atoms with Crippen LogP contribution in [0.1, 0.15) is 49.4 Å². The van der Waals surface area contributed by atoms with E-state index in [2.05, 4.69) is 9.88 Å². The fourth-order valence-electron chi connectivity index (χ4n) is 3.49. The highest BCUT2D eigenvalue weighted by Gasteiger charge is 2.26. The Kier molecular flexibility index (Phi) is 5.33. The molecule has 0 bridgehead atoms. The third-order valence-electron chi connectivity index (χ3n) is 4.86. The largest absolute Gasteiger partial charge is 0.452 e. The van der Waals surface area contributed by atoms with E-state index < -0.39 is 5.97 Å². The molecule has 0 N–H and O–H groups in total. The van der Waals surface area contributed by atoms with E-state index in [0.717, 1.165) is 51.7 Å². The number of carbonyl (C=O) groups excluding carboxylic acids is 2. The van der Waals surface area contributed by atoms with Crippen LogP contribution in [0.4, 0.5) is 5.82 Å². The van der Waals surface area contributed by atoms with Gasteiger partial charge in [0.1, 0.15) is 11.4 Å². The molecule has 2 aliphatic heterocycles. The van der Waals surface area contributed by atoms with Crippen LogP contribution >= 0.6 is 0 Å². The molecular formula is C18H25N3O3. The molecule has 1 amide bonds. The second-order valence-electron chi connectivity index (χ2n) is 6.58. The third-order valence-corrected chi connectivity index (χ3v) is 4.86. The lowest BCUT2D eigenvalue weighted by molar-refractivity contribution is -0.137. The Morgan fingerprint density at radius 3 is 2.71 bits per heavy atom. The van der Waals surface area contributed by atoms with Crippen molar-refractivity contribution in [2.24, 2.45) is 0 Å². The number of aromatic nitrogens is 1. The molecule has 2 saturated heterocycles. The normalized spacial score (nSPS) is 21.0. The summed E-state index contributed by atoms with van der Waals surface area (Å²) in [6.45, 7) is 4.41. The third kappa shape index (κ3) is 3.68. The molecule has 3 rings (SSSR count). The average molecular weight is 331 g/mol. The van der Waals surface area contributed by atoms with Crippen LogP contribution in [0.5, 0.6) is 0 Å². The van der Waals surface area contributed by atoms with Gasteiger partial charge >= 0.3 is 5.97 Å². The van der Waals surface area contributed by atoms with Crippen LogP contribution in [0.25, 0.3) is 0 Å². The van der Waals surface area contributed by atoms with Gasteiger partial charge in [-0.3, -0.25) is 4.79 Å². The van der Waals surface area contributed by atoms with E-state index in [-0.39, 0.29) is 18.6 Å². The molecule has 0 radical (unpaired) electrons. The molecule has 2 fully saturated rings. The van der Waals surface area contributed by atoms with Crippen LogP contribution < -0.4 is 4.90 Å². The number of piperidine rings is 1. The first-order chi connectivity index (χ1) is 11.7. The Morgan fingerprint density at radius 1 is 1.21 bits per heavy atom. The highest BCUT2D eigenvalue weighted by Crippen LogP contribution is 2.23. The number of esters is 1. The maximum Gasteiger partial charge on any atom is 0.342 e. The monoisotopic (exact) mass is 331 g/mol. The van der Waals surface area contributed by atoms with Gasteiger partial charge < -0.3 is 14.5 Å². The molecule has 3 heterocycles. The highest BCUT2D eigenvalue weighted by atomic mass is 16.5. The van der Waals surface area contributed by atoms with Crippen molar-refractivity contribution in [3.63, 3.8) is 0 Å². The van der Waals surface area contributed by atoms with Gasteiger partial charge in [0.05, 0.1) is 0 Å². The first-order valence-electron chi connectivity index (χ1n) is 8.83. The van der Waals surface area contributed by atoms with Gasteiger partial charge in [0.25, 0.3) is 5.91 Å². The standard InChI is InChI=1S/C18H25N3O3/c1-14-7-2-3-12-21(14)16(22)13-24-18(23)15-8-6-9-19-17(15)20-10-4-5-11-20/h6,8-9,14H,2-5,7,10-13H2,1H3.